The zero-order valence-corrected chi connectivity index (χ0v) is 23.9. The first kappa shape index (κ1) is 26.6. The summed E-state index contributed by atoms with van der Waals surface area (Å²) in [6, 6.07) is 13.6. The zero-order chi connectivity index (χ0) is 27.9. The van der Waals surface area contributed by atoms with Gasteiger partial charge in [0.15, 0.2) is 0 Å². The summed E-state index contributed by atoms with van der Waals surface area (Å²) in [5, 5.41) is 5.62. The molecule has 8 heteroatoms. The van der Waals surface area contributed by atoms with Crippen LogP contribution < -0.4 is 19.9 Å². The van der Waals surface area contributed by atoms with Crippen molar-refractivity contribution in [3.63, 3.8) is 0 Å². The van der Waals surface area contributed by atoms with E-state index in [0.29, 0.717) is 19.2 Å². The number of benzene rings is 2. The SMILES string of the molecule is C=CC(=O)NC1CCN(c2nc(OCC3(C)CCCN3C)nc3c2CCN(c2cccc4cccc(C)c24)C3)C1. The normalized spacial score (nSPS) is 22.9. The summed E-state index contributed by atoms with van der Waals surface area (Å²) in [6.07, 6.45) is 5.35. The Labute approximate surface area is 237 Å². The van der Waals surface area contributed by atoms with E-state index in [9.17, 15) is 4.79 Å². The Morgan fingerprint density at radius 1 is 1.18 bits per heavy atom. The average Bonchev–Trinajstić information content (AvgIpc) is 3.56. The topological polar surface area (TPSA) is 73.8 Å². The van der Waals surface area contributed by atoms with Crippen LogP contribution in [-0.2, 0) is 17.8 Å². The van der Waals surface area contributed by atoms with E-state index in [0.717, 1.165) is 57.0 Å². The van der Waals surface area contributed by atoms with Gasteiger partial charge in [0.2, 0.25) is 5.91 Å². The Hall–Kier alpha value is -3.65. The molecular weight excluding hydrogens is 500 g/mol. The Morgan fingerprint density at radius 3 is 2.77 bits per heavy atom. The summed E-state index contributed by atoms with van der Waals surface area (Å²) in [6.45, 7) is 12.8. The quantitative estimate of drug-likeness (QED) is 0.449. The van der Waals surface area contributed by atoms with E-state index in [1.807, 2.05) is 0 Å². The van der Waals surface area contributed by atoms with Crippen LogP contribution in [0.1, 0.15) is 43.0 Å². The Morgan fingerprint density at radius 2 is 2.00 bits per heavy atom. The molecule has 6 rings (SSSR count). The molecule has 2 unspecified atom stereocenters. The fraction of sp³-hybridized carbons (Fsp3) is 0.469. The van der Waals surface area contributed by atoms with E-state index in [2.05, 4.69) is 83.9 Å². The maximum Gasteiger partial charge on any atom is 0.318 e. The van der Waals surface area contributed by atoms with Gasteiger partial charge in [0.1, 0.15) is 12.4 Å². The van der Waals surface area contributed by atoms with Gasteiger partial charge in [-0.3, -0.25) is 9.69 Å². The molecule has 2 fully saturated rings. The average molecular weight is 541 g/mol. The van der Waals surface area contributed by atoms with Crippen molar-refractivity contribution in [2.24, 2.45) is 0 Å². The third-order valence-electron chi connectivity index (χ3n) is 9.12. The molecule has 0 aliphatic carbocycles. The molecular formula is C32H40N6O2. The molecule has 0 radical (unpaired) electrons. The van der Waals surface area contributed by atoms with Gasteiger partial charge >= 0.3 is 6.01 Å². The minimum absolute atomic E-state index is 0.0142. The first-order chi connectivity index (χ1) is 19.3. The first-order valence-corrected chi connectivity index (χ1v) is 14.5. The van der Waals surface area contributed by atoms with Crippen LogP contribution in [0.25, 0.3) is 10.8 Å². The molecule has 1 amide bonds. The van der Waals surface area contributed by atoms with Crippen LogP contribution in [0.15, 0.2) is 49.1 Å². The number of aromatic nitrogens is 2. The van der Waals surface area contributed by atoms with Crippen molar-refractivity contribution in [1.82, 2.24) is 20.2 Å². The number of hydrogen-bond donors (Lipinski definition) is 1. The molecule has 2 aromatic carbocycles. The van der Waals surface area contributed by atoms with E-state index in [4.69, 9.17) is 14.7 Å². The van der Waals surface area contributed by atoms with Crippen LogP contribution in [0.2, 0.25) is 0 Å². The fourth-order valence-corrected chi connectivity index (χ4v) is 6.58. The van der Waals surface area contributed by atoms with Crippen molar-refractivity contribution in [2.45, 2.75) is 57.7 Å². The Bertz CT molecular complexity index is 1440. The van der Waals surface area contributed by atoms with Gasteiger partial charge < -0.3 is 19.9 Å². The van der Waals surface area contributed by atoms with Crippen molar-refractivity contribution < 1.29 is 9.53 Å². The van der Waals surface area contributed by atoms with Gasteiger partial charge in [0.25, 0.3) is 0 Å². The van der Waals surface area contributed by atoms with Crippen molar-refractivity contribution in [3.8, 4) is 6.01 Å². The van der Waals surface area contributed by atoms with E-state index < -0.39 is 0 Å². The molecule has 0 bridgehead atoms. The minimum Gasteiger partial charge on any atom is -0.461 e. The number of carbonyl (C=O) groups is 1. The molecule has 2 saturated heterocycles. The number of likely N-dealkylation sites (N-methyl/N-ethyl adjacent to an activating group) is 1. The van der Waals surface area contributed by atoms with E-state index in [1.54, 1.807) is 0 Å². The highest BCUT2D eigenvalue weighted by Crippen LogP contribution is 2.36. The lowest BCUT2D eigenvalue weighted by atomic mass is 10.00. The number of amides is 1. The third-order valence-corrected chi connectivity index (χ3v) is 9.12. The van der Waals surface area contributed by atoms with Crippen molar-refractivity contribution in [3.05, 3.63) is 65.9 Å². The van der Waals surface area contributed by atoms with Gasteiger partial charge in [-0.1, -0.05) is 36.9 Å². The maximum absolute atomic E-state index is 12.0. The molecule has 1 N–H and O–H groups in total. The molecule has 3 aliphatic rings. The van der Waals surface area contributed by atoms with Gasteiger partial charge in [-0.2, -0.15) is 9.97 Å². The van der Waals surface area contributed by atoms with Gasteiger partial charge in [0.05, 0.1) is 17.8 Å². The molecule has 3 aromatic rings. The summed E-state index contributed by atoms with van der Waals surface area (Å²) >= 11 is 0. The molecule has 3 aliphatic heterocycles. The lowest BCUT2D eigenvalue weighted by molar-refractivity contribution is -0.117. The number of likely N-dealkylation sites (tertiary alicyclic amines) is 1. The van der Waals surface area contributed by atoms with Crippen molar-refractivity contribution in [1.29, 1.82) is 0 Å². The molecule has 8 nitrogen and oxygen atoms in total. The van der Waals surface area contributed by atoms with Crippen LogP contribution in [0, 0.1) is 6.92 Å². The molecule has 4 heterocycles. The monoisotopic (exact) mass is 540 g/mol. The largest absolute Gasteiger partial charge is 0.461 e. The lowest BCUT2D eigenvalue weighted by Gasteiger charge is -2.34. The van der Waals surface area contributed by atoms with Crippen molar-refractivity contribution in [2.75, 3.05) is 49.6 Å². The number of aryl methyl sites for hydroxylation is 1. The highest BCUT2D eigenvalue weighted by atomic mass is 16.5. The Balaban J connectivity index is 1.32. The van der Waals surface area contributed by atoms with Crippen LogP contribution in [-0.4, -0.2) is 72.2 Å². The van der Waals surface area contributed by atoms with Crippen LogP contribution in [0.3, 0.4) is 0 Å². The summed E-state index contributed by atoms with van der Waals surface area (Å²) in [4.78, 5) is 29.1. The van der Waals surface area contributed by atoms with Crippen molar-refractivity contribution >= 4 is 28.2 Å². The van der Waals surface area contributed by atoms with Gasteiger partial charge in [-0.15, -0.1) is 0 Å². The first-order valence-electron chi connectivity index (χ1n) is 14.5. The number of rotatable bonds is 7. The third kappa shape index (κ3) is 5.01. The summed E-state index contributed by atoms with van der Waals surface area (Å²) < 4.78 is 6.38. The van der Waals surface area contributed by atoms with E-state index in [1.165, 1.54) is 40.1 Å². The summed E-state index contributed by atoms with van der Waals surface area (Å²) in [5.41, 5.74) is 4.74. The fourth-order valence-electron chi connectivity index (χ4n) is 6.58. The summed E-state index contributed by atoms with van der Waals surface area (Å²) in [5.74, 6) is 0.824. The molecule has 0 saturated carbocycles. The molecule has 40 heavy (non-hydrogen) atoms. The second kappa shape index (κ2) is 10.7. The second-order valence-electron chi connectivity index (χ2n) is 11.8. The number of hydrogen-bond acceptors (Lipinski definition) is 7. The minimum atomic E-state index is -0.129. The number of anilines is 2. The molecule has 1 aromatic heterocycles. The molecule has 0 spiro atoms. The van der Waals surface area contributed by atoms with E-state index >= 15 is 0 Å². The smallest absolute Gasteiger partial charge is 0.318 e. The van der Waals surface area contributed by atoms with Gasteiger partial charge in [-0.25, -0.2) is 0 Å². The van der Waals surface area contributed by atoms with Gasteiger partial charge in [0, 0.05) is 42.3 Å². The predicted molar refractivity (Wildman–Crippen MR) is 160 cm³/mol. The molecule has 210 valence electrons. The standard InChI is InChI=1S/C32H40N6O2/c1-5-28(39)33-24-13-17-38(19-24)30-25-14-18-37(27-12-7-11-23-10-6-9-22(2)29(23)27)20-26(25)34-31(35-30)40-21-32(3)15-8-16-36(32)4/h5-7,9-12,24H,1,8,13-21H2,2-4H3,(H,33,39). The molecule has 2 atom stereocenters. The number of ether oxygens (including phenoxy) is 1. The van der Waals surface area contributed by atoms with Crippen LogP contribution in [0.5, 0.6) is 6.01 Å². The zero-order valence-electron chi connectivity index (χ0n) is 23.9. The number of nitrogens with zero attached hydrogens (tertiary/aromatic N) is 5. The highest BCUT2D eigenvalue weighted by Gasteiger charge is 2.36. The van der Waals surface area contributed by atoms with Gasteiger partial charge in [-0.05, 0) is 76.2 Å². The second-order valence-corrected chi connectivity index (χ2v) is 11.8. The predicted octanol–water partition coefficient (Wildman–Crippen LogP) is 4.24. The van der Waals surface area contributed by atoms with Crippen LogP contribution >= 0.6 is 0 Å². The number of fused-ring (bicyclic) bond motifs is 2. The lowest BCUT2D eigenvalue weighted by Crippen LogP contribution is -2.43. The number of carbonyl (C=O) groups excluding carboxylic acids is 1. The Kier molecular flexibility index (Phi) is 7.13. The van der Waals surface area contributed by atoms with E-state index in [-0.39, 0.29) is 17.5 Å². The number of nitrogens with one attached hydrogen (secondary N) is 1. The summed E-state index contributed by atoms with van der Waals surface area (Å²) in [7, 11) is 2.17. The highest BCUT2D eigenvalue weighted by molar-refractivity contribution is 5.97. The maximum atomic E-state index is 12.0. The van der Waals surface area contributed by atoms with Crippen LogP contribution in [0.4, 0.5) is 11.5 Å².